The monoisotopic (exact) mass is 554 g/mol. The Balaban J connectivity index is 1.28. The van der Waals surface area contributed by atoms with Crippen LogP contribution in [0.2, 0.25) is 0 Å². The Hall–Kier alpha value is -4.95. The van der Waals surface area contributed by atoms with Gasteiger partial charge in [0.25, 0.3) is 0 Å². The lowest BCUT2D eigenvalue weighted by Gasteiger charge is -2.22. The first-order valence-corrected chi connectivity index (χ1v) is 15.6. The fourth-order valence-corrected chi connectivity index (χ4v) is 7.15. The van der Waals surface area contributed by atoms with E-state index >= 15 is 0 Å². The lowest BCUT2D eigenvalue weighted by molar-refractivity contribution is 0.906. The number of hydrogen-bond donors (Lipinski definition) is 0. The molecular formula is C41H34N2. The van der Waals surface area contributed by atoms with Gasteiger partial charge in [-0.05, 0) is 105 Å². The van der Waals surface area contributed by atoms with Gasteiger partial charge in [-0.2, -0.15) is 0 Å². The average molecular weight is 555 g/mol. The summed E-state index contributed by atoms with van der Waals surface area (Å²) in [4.78, 5) is 4.90. The molecule has 0 aliphatic heterocycles. The van der Waals surface area contributed by atoms with Gasteiger partial charge in [-0.1, -0.05) is 110 Å². The van der Waals surface area contributed by atoms with E-state index in [0.29, 0.717) is 0 Å². The van der Waals surface area contributed by atoms with Gasteiger partial charge in [-0.15, -0.1) is 0 Å². The molecule has 43 heavy (non-hydrogen) atoms. The van der Waals surface area contributed by atoms with Gasteiger partial charge in [0.1, 0.15) is 5.82 Å². The molecule has 0 atom stereocenters. The van der Waals surface area contributed by atoms with Crippen LogP contribution in [0.4, 0.5) is 0 Å². The van der Waals surface area contributed by atoms with Crippen molar-refractivity contribution in [1.82, 2.24) is 9.55 Å². The predicted octanol–water partition coefficient (Wildman–Crippen LogP) is 10.9. The van der Waals surface area contributed by atoms with E-state index in [4.69, 9.17) is 4.98 Å². The van der Waals surface area contributed by atoms with Crippen LogP contribution in [-0.4, -0.2) is 9.55 Å². The van der Waals surface area contributed by atoms with Gasteiger partial charge >= 0.3 is 0 Å². The molecule has 0 saturated carbocycles. The molecule has 0 N–H and O–H groups in total. The lowest BCUT2D eigenvalue weighted by atomic mass is 9.82. The van der Waals surface area contributed by atoms with Gasteiger partial charge < -0.3 is 0 Å². The first kappa shape index (κ1) is 25.7. The SMILES string of the molecule is CCc1nc2ccccc2n1-c1ccc(-c2c3ccccc3c(C3=CC=C(C4=CC=CCC4)CC3)c3ccccc23)cc1. The minimum atomic E-state index is 0.883. The fourth-order valence-electron chi connectivity index (χ4n) is 7.15. The Morgan fingerprint density at radius 3 is 1.84 bits per heavy atom. The summed E-state index contributed by atoms with van der Waals surface area (Å²) in [5.41, 5.74) is 11.7. The van der Waals surface area contributed by atoms with Crippen molar-refractivity contribution in [2.75, 3.05) is 0 Å². The van der Waals surface area contributed by atoms with Crippen molar-refractivity contribution < 1.29 is 0 Å². The number of fused-ring (bicyclic) bond motifs is 3. The number of aryl methyl sites for hydroxylation is 1. The Morgan fingerprint density at radius 1 is 0.605 bits per heavy atom. The number of aromatic nitrogens is 2. The van der Waals surface area contributed by atoms with Crippen molar-refractivity contribution in [3.8, 4) is 16.8 Å². The lowest BCUT2D eigenvalue weighted by Crippen LogP contribution is -2.01. The third-order valence-electron chi connectivity index (χ3n) is 9.19. The van der Waals surface area contributed by atoms with Crippen LogP contribution in [0.25, 0.3) is 55.0 Å². The molecule has 2 aliphatic rings. The summed E-state index contributed by atoms with van der Waals surface area (Å²) in [5.74, 6) is 1.09. The second-order valence-corrected chi connectivity index (χ2v) is 11.6. The predicted molar refractivity (Wildman–Crippen MR) is 183 cm³/mol. The molecule has 6 aromatic rings. The van der Waals surface area contributed by atoms with Crippen molar-refractivity contribution in [3.63, 3.8) is 0 Å². The van der Waals surface area contributed by atoms with Crippen LogP contribution in [0.3, 0.4) is 0 Å². The summed E-state index contributed by atoms with van der Waals surface area (Å²) in [7, 11) is 0. The zero-order chi connectivity index (χ0) is 28.8. The summed E-state index contributed by atoms with van der Waals surface area (Å²) >= 11 is 0. The number of hydrogen-bond acceptors (Lipinski definition) is 1. The smallest absolute Gasteiger partial charge is 0.114 e. The Morgan fingerprint density at radius 2 is 1.21 bits per heavy atom. The third-order valence-corrected chi connectivity index (χ3v) is 9.19. The number of rotatable bonds is 5. The average Bonchev–Trinajstić information content (AvgIpc) is 3.47. The van der Waals surface area contributed by atoms with Crippen molar-refractivity contribution in [3.05, 3.63) is 150 Å². The molecule has 0 amide bonds. The highest BCUT2D eigenvalue weighted by atomic mass is 15.1. The van der Waals surface area contributed by atoms with Crippen molar-refractivity contribution in [2.45, 2.75) is 39.0 Å². The van der Waals surface area contributed by atoms with Gasteiger partial charge in [-0.3, -0.25) is 4.57 Å². The largest absolute Gasteiger partial charge is 0.296 e. The van der Waals surface area contributed by atoms with E-state index in [0.717, 1.165) is 54.6 Å². The van der Waals surface area contributed by atoms with E-state index in [1.165, 1.54) is 55.0 Å². The molecular weight excluding hydrogens is 520 g/mol. The summed E-state index contributed by atoms with van der Waals surface area (Å²) in [6.07, 6.45) is 16.9. The minimum absolute atomic E-state index is 0.883. The van der Waals surface area contributed by atoms with Crippen molar-refractivity contribution in [1.29, 1.82) is 0 Å². The van der Waals surface area contributed by atoms with Crippen LogP contribution in [-0.2, 0) is 6.42 Å². The molecule has 0 fully saturated rings. The second kappa shape index (κ2) is 10.7. The maximum Gasteiger partial charge on any atom is 0.114 e. The van der Waals surface area contributed by atoms with Gasteiger partial charge in [0, 0.05) is 12.1 Å². The molecule has 0 spiro atoms. The summed E-state index contributed by atoms with van der Waals surface area (Å²) < 4.78 is 2.30. The van der Waals surface area contributed by atoms with Gasteiger partial charge in [0.2, 0.25) is 0 Å². The van der Waals surface area contributed by atoms with E-state index in [9.17, 15) is 0 Å². The molecule has 2 nitrogen and oxygen atoms in total. The van der Waals surface area contributed by atoms with Crippen LogP contribution in [0.5, 0.6) is 0 Å². The minimum Gasteiger partial charge on any atom is -0.296 e. The van der Waals surface area contributed by atoms with Crippen LogP contribution in [0, 0.1) is 0 Å². The Bertz CT molecular complexity index is 2090. The van der Waals surface area contributed by atoms with Gasteiger partial charge in [0.05, 0.1) is 11.0 Å². The van der Waals surface area contributed by atoms with Crippen molar-refractivity contribution >= 4 is 38.2 Å². The Labute approximate surface area is 253 Å². The number of allylic oxidation sites excluding steroid dienone is 8. The number of nitrogens with zero attached hydrogens (tertiary/aromatic N) is 2. The molecule has 2 aliphatic carbocycles. The molecule has 0 bridgehead atoms. The number of para-hydroxylation sites is 2. The highest BCUT2D eigenvalue weighted by molar-refractivity contribution is 6.18. The molecule has 208 valence electrons. The first-order chi connectivity index (χ1) is 21.3. The molecule has 0 radical (unpaired) electrons. The van der Waals surface area contributed by atoms with Crippen LogP contribution >= 0.6 is 0 Å². The van der Waals surface area contributed by atoms with Gasteiger partial charge in [-0.25, -0.2) is 4.98 Å². The summed E-state index contributed by atoms with van der Waals surface area (Å²) in [6.45, 7) is 2.18. The van der Waals surface area contributed by atoms with E-state index in [-0.39, 0.29) is 0 Å². The molecule has 2 heteroatoms. The summed E-state index contributed by atoms with van der Waals surface area (Å²) in [5, 5.41) is 5.28. The highest BCUT2D eigenvalue weighted by Crippen LogP contribution is 2.44. The second-order valence-electron chi connectivity index (χ2n) is 11.6. The normalized spacial score (nSPS) is 15.1. The van der Waals surface area contributed by atoms with E-state index < -0.39 is 0 Å². The highest BCUT2D eigenvalue weighted by Gasteiger charge is 2.20. The molecule has 5 aromatic carbocycles. The topological polar surface area (TPSA) is 17.8 Å². The standard InChI is InChI=1S/C41H34N2/c1-2-39-42-37-18-10-11-19-38(37)43(39)32-26-24-31(25-27-32)41-35-16-8-6-14-33(35)40(34-15-7-9-17-36(34)41)30-22-20-29(21-23-30)28-12-4-3-5-13-28/h3-4,6-12,14-20,22,24-27H,2,5,13,21,23H2,1H3. The maximum atomic E-state index is 4.90. The molecule has 1 aromatic heterocycles. The van der Waals surface area contributed by atoms with Crippen molar-refractivity contribution in [2.24, 2.45) is 0 Å². The first-order valence-electron chi connectivity index (χ1n) is 15.6. The molecule has 0 saturated heterocycles. The maximum absolute atomic E-state index is 4.90. The number of imidazole rings is 1. The van der Waals surface area contributed by atoms with E-state index in [1.54, 1.807) is 0 Å². The van der Waals surface area contributed by atoms with Gasteiger partial charge in [0.15, 0.2) is 0 Å². The van der Waals surface area contributed by atoms with Crippen LogP contribution in [0.15, 0.2) is 139 Å². The summed E-state index contributed by atoms with van der Waals surface area (Å²) in [6, 6.07) is 35.5. The molecule has 0 unspecified atom stereocenters. The Kier molecular flexibility index (Phi) is 6.41. The quantitative estimate of drug-likeness (QED) is 0.194. The zero-order valence-electron chi connectivity index (χ0n) is 24.6. The molecule has 1 heterocycles. The van der Waals surface area contributed by atoms with E-state index in [1.807, 2.05) is 0 Å². The van der Waals surface area contributed by atoms with E-state index in [2.05, 4.69) is 139 Å². The third kappa shape index (κ3) is 4.37. The van der Waals surface area contributed by atoms with Crippen LogP contribution < -0.4 is 0 Å². The van der Waals surface area contributed by atoms with Crippen LogP contribution in [0.1, 0.15) is 44.0 Å². The molecule has 8 rings (SSSR count). The number of benzene rings is 5. The fraction of sp³-hybridized carbons (Fsp3) is 0.146. The zero-order valence-corrected chi connectivity index (χ0v) is 24.6.